The lowest BCUT2D eigenvalue weighted by molar-refractivity contribution is -0.118. The van der Waals surface area contributed by atoms with Crippen LogP contribution in [0.4, 0.5) is 11.5 Å². The first-order valence-corrected chi connectivity index (χ1v) is 9.13. The molecule has 2 amide bonds. The second-order valence-corrected chi connectivity index (χ2v) is 6.63. The maximum absolute atomic E-state index is 12.2. The van der Waals surface area contributed by atoms with Crippen LogP contribution >= 0.6 is 23.4 Å². The first-order valence-electron chi connectivity index (χ1n) is 7.77. The van der Waals surface area contributed by atoms with Crippen LogP contribution in [-0.2, 0) is 4.79 Å². The summed E-state index contributed by atoms with van der Waals surface area (Å²) in [5.41, 5.74) is 5.35. The normalized spacial score (nSPS) is 10.4. The van der Waals surface area contributed by atoms with E-state index in [0.717, 1.165) is 18.2 Å². The minimum absolute atomic E-state index is 0.0961. The van der Waals surface area contributed by atoms with Gasteiger partial charge in [0, 0.05) is 17.1 Å². The van der Waals surface area contributed by atoms with Gasteiger partial charge in [-0.1, -0.05) is 30.3 Å². The van der Waals surface area contributed by atoms with Crippen LogP contribution in [0.2, 0.25) is 5.02 Å². The van der Waals surface area contributed by atoms with Crippen molar-refractivity contribution in [2.24, 2.45) is 0 Å². The third kappa shape index (κ3) is 5.50. The number of thioether (sulfide) groups is 1. The summed E-state index contributed by atoms with van der Waals surface area (Å²) in [6.07, 6.45) is 0.834. The SMILES string of the molecule is CCCNC(=O)CSc1nc(N)c(NC(=O)c2ccc(Cl)cc2)c(=O)[nH]1. The van der Waals surface area contributed by atoms with Crippen LogP contribution in [0.3, 0.4) is 0 Å². The van der Waals surface area contributed by atoms with Gasteiger partial charge >= 0.3 is 0 Å². The van der Waals surface area contributed by atoms with Crippen molar-refractivity contribution in [3.8, 4) is 0 Å². The molecule has 1 heterocycles. The van der Waals surface area contributed by atoms with E-state index in [2.05, 4.69) is 20.6 Å². The molecule has 0 bridgehead atoms. The number of rotatable bonds is 7. The predicted molar refractivity (Wildman–Crippen MR) is 103 cm³/mol. The number of halogens is 1. The van der Waals surface area contributed by atoms with E-state index < -0.39 is 11.5 Å². The van der Waals surface area contributed by atoms with E-state index in [1.54, 1.807) is 12.1 Å². The fraction of sp³-hybridized carbons (Fsp3) is 0.250. The molecule has 0 saturated carbocycles. The van der Waals surface area contributed by atoms with Crippen molar-refractivity contribution < 1.29 is 9.59 Å². The molecule has 0 aliphatic carbocycles. The number of benzene rings is 1. The number of hydrogen-bond acceptors (Lipinski definition) is 6. The van der Waals surface area contributed by atoms with Gasteiger partial charge in [0.05, 0.1) is 5.75 Å². The summed E-state index contributed by atoms with van der Waals surface area (Å²) in [5, 5.41) is 5.84. The van der Waals surface area contributed by atoms with Crippen LogP contribution < -0.4 is 21.9 Å². The van der Waals surface area contributed by atoms with Gasteiger partial charge < -0.3 is 16.4 Å². The van der Waals surface area contributed by atoms with Crippen LogP contribution in [0, 0.1) is 0 Å². The number of hydrogen-bond donors (Lipinski definition) is 4. The lowest BCUT2D eigenvalue weighted by Gasteiger charge is -2.08. The molecule has 138 valence electrons. The van der Waals surface area contributed by atoms with Crippen LogP contribution in [0.25, 0.3) is 0 Å². The third-order valence-electron chi connectivity index (χ3n) is 3.18. The lowest BCUT2D eigenvalue weighted by atomic mass is 10.2. The highest BCUT2D eigenvalue weighted by Gasteiger charge is 2.14. The monoisotopic (exact) mass is 395 g/mol. The molecule has 5 N–H and O–H groups in total. The van der Waals surface area contributed by atoms with E-state index in [1.807, 2.05) is 6.92 Å². The first kappa shape index (κ1) is 19.8. The molecular formula is C16H18ClN5O3S. The standard InChI is InChI=1S/C16H18ClN5O3S/c1-2-7-19-11(23)8-26-16-21-13(18)12(15(25)22-16)20-14(24)9-3-5-10(17)6-4-9/h3-6H,2,7-8H2,1H3,(H,19,23)(H,20,24)(H3,18,21,22,25). The van der Waals surface area contributed by atoms with Crippen molar-refractivity contribution in [3.05, 3.63) is 45.2 Å². The minimum Gasteiger partial charge on any atom is -0.382 e. The largest absolute Gasteiger partial charge is 0.382 e. The highest BCUT2D eigenvalue weighted by Crippen LogP contribution is 2.17. The number of H-pyrrole nitrogens is 1. The lowest BCUT2D eigenvalue weighted by Crippen LogP contribution is -2.26. The van der Waals surface area contributed by atoms with Gasteiger partial charge in [-0.2, -0.15) is 0 Å². The zero-order chi connectivity index (χ0) is 19.1. The number of nitrogen functional groups attached to an aromatic ring is 1. The highest BCUT2D eigenvalue weighted by molar-refractivity contribution is 7.99. The Morgan fingerprint density at radius 2 is 2.00 bits per heavy atom. The van der Waals surface area contributed by atoms with E-state index in [-0.39, 0.29) is 28.3 Å². The molecular weight excluding hydrogens is 378 g/mol. The van der Waals surface area contributed by atoms with Gasteiger partial charge in [0.25, 0.3) is 11.5 Å². The van der Waals surface area contributed by atoms with Crippen molar-refractivity contribution >= 4 is 46.7 Å². The maximum Gasteiger partial charge on any atom is 0.277 e. The van der Waals surface area contributed by atoms with E-state index in [9.17, 15) is 14.4 Å². The molecule has 10 heteroatoms. The van der Waals surface area contributed by atoms with E-state index in [1.165, 1.54) is 12.1 Å². The molecule has 0 aliphatic heterocycles. The molecule has 1 aromatic heterocycles. The summed E-state index contributed by atoms with van der Waals surface area (Å²) in [7, 11) is 0. The van der Waals surface area contributed by atoms with Crippen LogP contribution in [-0.4, -0.2) is 34.1 Å². The number of carbonyl (C=O) groups is 2. The summed E-state index contributed by atoms with van der Waals surface area (Å²) in [4.78, 5) is 42.5. The molecule has 2 aromatic rings. The molecule has 0 saturated heterocycles. The van der Waals surface area contributed by atoms with Gasteiger partial charge in [0.1, 0.15) is 5.69 Å². The Morgan fingerprint density at radius 3 is 2.62 bits per heavy atom. The number of amides is 2. The van der Waals surface area contributed by atoms with Gasteiger partial charge in [-0.05, 0) is 30.7 Å². The third-order valence-corrected chi connectivity index (χ3v) is 4.31. The molecule has 0 radical (unpaired) electrons. The molecule has 0 atom stereocenters. The van der Waals surface area contributed by atoms with Gasteiger partial charge in [0.15, 0.2) is 11.0 Å². The Bertz CT molecular complexity index is 854. The van der Waals surface area contributed by atoms with Crippen molar-refractivity contribution in [2.45, 2.75) is 18.5 Å². The molecule has 0 aliphatic rings. The first-order chi connectivity index (χ1) is 12.4. The highest BCUT2D eigenvalue weighted by atomic mass is 35.5. The summed E-state index contributed by atoms with van der Waals surface area (Å²) >= 11 is 6.82. The Balaban J connectivity index is 2.06. The van der Waals surface area contributed by atoms with Crippen LogP contribution in [0.1, 0.15) is 23.7 Å². The smallest absolute Gasteiger partial charge is 0.277 e. The molecule has 0 unspecified atom stereocenters. The molecule has 2 rings (SSSR count). The molecule has 0 spiro atoms. The second kappa shape index (κ2) is 9.25. The zero-order valence-corrected chi connectivity index (χ0v) is 15.5. The average Bonchev–Trinajstić information content (AvgIpc) is 2.61. The second-order valence-electron chi connectivity index (χ2n) is 5.23. The number of nitrogens with zero attached hydrogens (tertiary/aromatic N) is 1. The zero-order valence-electron chi connectivity index (χ0n) is 14.0. The number of aromatic amines is 1. The van der Waals surface area contributed by atoms with Gasteiger partial charge in [0.2, 0.25) is 5.91 Å². The Labute approximate surface area is 158 Å². The van der Waals surface area contributed by atoms with Crippen LogP contribution in [0.5, 0.6) is 0 Å². The van der Waals surface area contributed by atoms with Crippen molar-refractivity contribution in [3.63, 3.8) is 0 Å². The number of carbonyl (C=O) groups excluding carboxylic acids is 2. The Morgan fingerprint density at radius 1 is 1.31 bits per heavy atom. The van der Waals surface area contributed by atoms with Gasteiger partial charge in [-0.15, -0.1) is 0 Å². The summed E-state index contributed by atoms with van der Waals surface area (Å²) in [6.45, 7) is 2.53. The maximum atomic E-state index is 12.2. The van der Waals surface area contributed by atoms with Crippen molar-refractivity contribution in [1.82, 2.24) is 15.3 Å². The van der Waals surface area contributed by atoms with Crippen LogP contribution in [0.15, 0.2) is 34.2 Å². The fourth-order valence-electron chi connectivity index (χ4n) is 1.89. The number of nitrogens with one attached hydrogen (secondary N) is 3. The van der Waals surface area contributed by atoms with E-state index in [4.69, 9.17) is 17.3 Å². The summed E-state index contributed by atoms with van der Waals surface area (Å²) < 4.78 is 0. The van der Waals surface area contributed by atoms with E-state index in [0.29, 0.717) is 17.1 Å². The number of anilines is 2. The van der Waals surface area contributed by atoms with Crippen molar-refractivity contribution in [2.75, 3.05) is 23.3 Å². The predicted octanol–water partition coefficient (Wildman–Crippen LogP) is 1.88. The minimum atomic E-state index is -0.601. The summed E-state index contributed by atoms with van der Waals surface area (Å²) in [6, 6.07) is 6.17. The molecule has 26 heavy (non-hydrogen) atoms. The summed E-state index contributed by atoms with van der Waals surface area (Å²) in [5.74, 6) is -0.718. The Kier molecular flexibility index (Phi) is 7.05. The topological polar surface area (TPSA) is 130 Å². The fourth-order valence-corrected chi connectivity index (χ4v) is 2.72. The molecule has 1 aromatic carbocycles. The van der Waals surface area contributed by atoms with E-state index >= 15 is 0 Å². The van der Waals surface area contributed by atoms with Crippen molar-refractivity contribution in [1.29, 1.82) is 0 Å². The quantitative estimate of drug-likeness (QED) is 0.418. The molecule has 0 fully saturated rings. The number of nitrogens with two attached hydrogens (primary N) is 1. The van der Waals surface area contributed by atoms with Gasteiger partial charge in [-0.25, -0.2) is 4.98 Å². The molecule has 8 nitrogen and oxygen atoms in total. The average molecular weight is 396 g/mol. The Hall–Kier alpha value is -2.52. The number of aromatic nitrogens is 2. The van der Waals surface area contributed by atoms with Gasteiger partial charge in [-0.3, -0.25) is 19.4 Å².